The van der Waals surface area contributed by atoms with Gasteiger partial charge in [0.25, 0.3) is 0 Å². The number of benzene rings is 2. The van der Waals surface area contributed by atoms with Crippen molar-refractivity contribution in [1.29, 1.82) is 0 Å². The Morgan fingerprint density at radius 3 is 2.86 bits per heavy atom. The molecule has 0 aliphatic carbocycles. The molecule has 148 valence electrons. The van der Waals surface area contributed by atoms with Crippen LogP contribution in [0.15, 0.2) is 53.1 Å². The fourth-order valence-corrected chi connectivity index (χ4v) is 3.46. The molecule has 0 saturated heterocycles. The number of anilines is 2. The first kappa shape index (κ1) is 18.7. The first-order valence-electron chi connectivity index (χ1n) is 9.34. The molecule has 2 amide bonds. The first-order chi connectivity index (χ1) is 14.0. The lowest BCUT2D eigenvalue weighted by atomic mass is 10.1. The van der Waals surface area contributed by atoms with Crippen LogP contribution in [0.4, 0.5) is 11.4 Å². The molecular weight excluding hydrogens is 370 g/mol. The molecule has 1 N–H and O–H groups in total. The first-order valence-corrected chi connectivity index (χ1v) is 9.34. The second-order valence-electron chi connectivity index (χ2n) is 6.90. The molecule has 1 aliphatic rings. The van der Waals surface area contributed by atoms with Gasteiger partial charge in [-0.25, -0.2) is 0 Å². The number of amides is 2. The van der Waals surface area contributed by atoms with Crippen LogP contribution in [0.1, 0.15) is 18.2 Å². The number of nitrogens with one attached hydrogen (secondary N) is 1. The molecule has 3 aromatic rings. The van der Waals surface area contributed by atoms with Gasteiger partial charge < -0.3 is 19.5 Å². The fourth-order valence-electron chi connectivity index (χ4n) is 3.46. The van der Waals surface area contributed by atoms with E-state index in [4.69, 9.17) is 9.26 Å². The number of carbonyl (C=O) groups is 2. The lowest BCUT2D eigenvalue weighted by Crippen LogP contribution is -2.25. The number of hydrogen-bond acceptors (Lipinski definition) is 5. The minimum Gasteiger partial charge on any atom is -0.497 e. The van der Waals surface area contributed by atoms with Crippen LogP contribution in [0.25, 0.3) is 11.3 Å². The van der Waals surface area contributed by atoms with E-state index in [1.807, 2.05) is 42.5 Å². The van der Waals surface area contributed by atoms with Crippen molar-refractivity contribution in [3.8, 4) is 17.1 Å². The maximum Gasteiger partial charge on any atom is 0.230 e. The maximum atomic E-state index is 12.5. The number of ether oxygens (including phenoxy) is 1. The highest BCUT2D eigenvalue weighted by molar-refractivity contribution is 5.96. The molecule has 0 unspecified atom stereocenters. The minimum absolute atomic E-state index is 0.0000967. The molecule has 0 atom stereocenters. The predicted molar refractivity (Wildman–Crippen MR) is 109 cm³/mol. The van der Waals surface area contributed by atoms with E-state index in [1.54, 1.807) is 25.0 Å². The third kappa shape index (κ3) is 3.99. The van der Waals surface area contributed by atoms with Crippen LogP contribution in [0.5, 0.6) is 5.75 Å². The Balaban J connectivity index is 1.44. The Bertz CT molecular complexity index is 1070. The molecule has 1 aromatic heterocycles. The lowest BCUT2D eigenvalue weighted by Gasteiger charge is -2.15. The molecule has 0 radical (unpaired) electrons. The summed E-state index contributed by atoms with van der Waals surface area (Å²) in [6.07, 6.45) is 0.913. The van der Waals surface area contributed by atoms with E-state index >= 15 is 0 Å². The molecule has 29 heavy (non-hydrogen) atoms. The lowest BCUT2D eigenvalue weighted by molar-refractivity contribution is -0.116. The highest BCUT2D eigenvalue weighted by Gasteiger charge is 2.22. The Morgan fingerprint density at radius 2 is 2.07 bits per heavy atom. The van der Waals surface area contributed by atoms with Gasteiger partial charge in [0.2, 0.25) is 11.8 Å². The smallest absolute Gasteiger partial charge is 0.230 e. The second-order valence-corrected chi connectivity index (χ2v) is 6.90. The summed E-state index contributed by atoms with van der Waals surface area (Å²) in [6.45, 7) is 2.22. The van der Waals surface area contributed by atoms with E-state index in [1.165, 1.54) is 0 Å². The zero-order chi connectivity index (χ0) is 20.4. The molecular formula is C22H21N3O4. The molecule has 0 spiro atoms. The molecule has 1 aliphatic heterocycles. The highest BCUT2D eigenvalue weighted by atomic mass is 16.5. The van der Waals surface area contributed by atoms with Gasteiger partial charge in [0.05, 0.1) is 19.2 Å². The molecule has 2 heterocycles. The predicted octanol–water partition coefficient (Wildman–Crippen LogP) is 3.44. The van der Waals surface area contributed by atoms with Crippen LogP contribution in [0, 0.1) is 0 Å². The van der Waals surface area contributed by atoms with Crippen LogP contribution in [-0.2, 0) is 22.4 Å². The van der Waals surface area contributed by atoms with E-state index < -0.39 is 0 Å². The summed E-state index contributed by atoms with van der Waals surface area (Å²) >= 11 is 0. The van der Waals surface area contributed by atoms with Crippen LogP contribution in [0.2, 0.25) is 0 Å². The molecule has 7 heteroatoms. The van der Waals surface area contributed by atoms with E-state index in [0.717, 1.165) is 29.0 Å². The zero-order valence-electron chi connectivity index (χ0n) is 16.3. The monoisotopic (exact) mass is 391 g/mol. The molecule has 0 fully saturated rings. The van der Waals surface area contributed by atoms with Crippen molar-refractivity contribution in [1.82, 2.24) is 5.16 Å². The molecule has 0 bridgehead atoms. The van der Waals surface area contributed by atoms with Crippen molar-refractivity contribution < 1.29 is 18.8 Å². The van der Waals surface area contributed by atoms with E-state index in [2.05, 4.69) is 10.5 Å². The maximum absolute atomic E-state index is 12.5. The van der Waals surface area contributed by atoms with Crippen LogP contribution >= 0.6 is 0 Å². The SMILES string of the molecule is COc1cccc(-c2cc(CC(=O)Nc3ccc4c(c3)N(C(C)=O)CC4)no2)c1. The normalized spacial score (nSPS) is 12.6. The van der Waals surface area contributed by atoms with E-state index in [0.29, 0.717) is 23.7 Å². The fraction of sp³-hybridized carbons (Fsp3) is 0.227. The Morgan fingerprint density at radius 1 is 1.21 bits per heavy atom. The van der Waals surface area contributed by atoms with Gasteiger partial charge in [-0.1, -0.05) is 23.4 Å². The summed E-state index contributed by atoms with van der Waals surface area (Å²) in [5.41, 5.74) is 3.98. The zero-order valence-corrected chi connectivity index (χ0v) is 16.3. The Kier molecular flexibility index (Phi) is 5.03. The third-order valence-corrected chi connectivity index (χ3v) is 4.90. The summed E-state index contributed by atoms with van der Waals surface area (Å²) in [4.78, 5) is 25.9. The van der Waals surface area contributed by atoms with Crippen molar-refractivity contribution >= 4 is 23.2 Å². The summed E-state index contributed by atoms with van der Waals surface area (Å²) in [5.74, 6) is 1.08. The van der Waals surface area contributed by atoms with E-state index in [-0.39, 0.29) is 18.2 Å². The third-order valence-electron chi connectivity index (χ3n) is 4.90. The van der Waals surface area contributed by atoms with Crippen LogP contribution in [-0.4, -0.2) is 30.6 Å². The van der Waals surface area contributed by atoms with Gasteiger partial charge in [-0.15, -0.1) is 0 Å². The van der Waals surface area contributed by atoms with Gasteiger partial charge in [0.1, 0.15) is 5.75 Å². The number of fused-ring (bicyclic) bond motifs is 1. The van der Waals surface area contributed by atoms with Crippen molar-refractivity contribution in [2.24, 2.45) is 0 Å². The van der Waals surface area contributed by atoms with Gasteiger partial charge in [-0.3, -0.25) is 9.59 Å². The van der Waals surface area contributed by atoms with Gasteiger partial charge in [-0.2, -0.15) is 0 Å². The Labute approximate surface area is 168 Å². The standard InChI is InChI=1S/C22H21N3O4/c1-14(26)25-9-8-15-6-7-17(11-20(15)25)23-22(27)13-18-12-21(29-24-18)16-4-3-5-19(10-16)28-2/h3-7,10-12H,8-9,13H2,1-2H3,(H,23,27). The van der Waals surface area contributed by atoms with Crippen molar-refractivity contribution in [3.05, 3.63) is 59.8 Å². The van der Waals surface area contributed by atoms with Gasteiger partial charge in [0.15, 0.2) is 5.76 Å². The van der Waals surface area contributed by atoms with Gasteiger partial charge in [-0.05, 0) is 36.2 Å². The number of nitrogens with zero attached hydrogens (tertiary/aromatic N) is 2. The number of carbonyl (C=O) groups excluding carboxylic acids is 2. The summed E-state index contributed by atoms with van der Waals surface area (Å²) in [7, 11) is 1.60. The number of rotatable bonds is 5. The minimum atomic E-state index is -0.206. The molecule has 4 rings (SSSR count). The van der Waals surface area contributed by atoms with Crippen molar-refractivity contribution in [2.45, 2.75) is 19.8 Å². The highest BCUT2D eigenvalue weighted by Crippen LogP contribution is 2.31. The van der Waals surface area contributed by atoms with Gasteiger partial charge in [0, 0.05) is 36.5 Å². The van der Waals surface area contributed by atoms with Gasteiger partial charge >= 0.3 is 0 Å². The van der Waals surface area contributed by atoms with E-state index in [9.17, 15) is 9.59 Å². The van der Waals surface area contributed by atoms with Crippen LogP contribution in [0.3, 0.4) is 0 Å². The number of aromatic nitrogens is 1. The largest absolute Gasteiger partial charge is 0.497 e. The summed E-state index contributed by atoms with van der Waals surface area (Å²) in [6, 6.07) is 14.8. The van der Waals surface area contributed by atoms with Crippen molar-refractivity contribution in [2.75, 3.05) is 23.9 Å². The number of methoxy groups -OCH3 is 1. The summed E-state index contributed by atoms with van der Waals surface area (Å²) < 4.78 is 10.6. The van der Waals surface area contributed by atoms with Crippen LogP contribution < -0.4 is 15.0 Å². The molecule has 7 nitrogen and oxygen atoms in total. The quantitative estimate of drug-likeness (QED) is 0.720. The average Bonchev–Trinajstić information content (AvgIpc) is 3.34. The summed E-state index contributed by atoms with van der Waals surface area (Å²) in [5, 5.41) is 6.86. The second kappa shape index (κ2) is 7.79. The topological polar surface area (TPSA) is 84.7 Å². The van der Waals surface area contributed by atoms with Crippen molar-refractivity contribution in [3.63, 3.8) is 0 Å². The Hall–Kier alpha value is -3.61. The average molecular weight is 391 g/mol. The molecule has 0 saturated carbocycles. The molecule has 2 aromatic carbocycles. The number of hydrogen-bond donors (Lipinski definition) is 1.